The first-order valence-electron chi connectivity index (χ1n) is 9.42. The van der Waals surface area contributed by atoms with Gasteiger partial charge in [-0.15, -0.1) is 23.1 Å². The number of hydrogen-bond acceptors (Lipinski definition) is 6. The lowest BCUT2D eigenvalue weighted by molar-refractivity contribution is -0.116. The number of carbonyl (C=O) groups is 1. The average Bonchev–Trinajstić information content (AvgIpc) is 3.10. The first-order chi connectivity index (χ1) is 14.4. The van der Waals surface area contributed by atoms with Gasteiger partial charge < -0.3 is 5.73 Å². The van der Waals surface area contributed by atoms with Gasteiger partial charge in [0.05, 0.1) is 31.8 Å². The molecule has 0 fully saturated rings. The van der Waals surface area contributed by atoms with Crippen molar-refractivity contribution in [2.45, 2.75) is 36.3 Å². The van der Waals surface area contributed by atoms with E-state index in [1.807, 2.05) is 24.1 Å². The first-order valence-corrected chi connectivity index (χ1v) is 12.2. The third kappa shape index (κ3) is 3.44. The van der Waals surface area contributed by atoms with Gasteiger partial charge in [0.1, 0.15) is 5.82 Å². The Kier molecular flexibility index (Phi) is 5.91. The second-order valence-corrected chi connectivity index (χ2v) is 10.4. The standard InChI is InChI=1S/C22H19Cl2N3OS2/c1-11-8-13(22(29-2)30-11)19-14(10-25)21(26)27(12-6-7-15(23)16(24)9-12)17-4-3-5-18(28)20(17)19/h6-9,19H,3-5,26H2,1-2H3/t19-/m1/s1. The summed E-state index contributed by atoms with van der Waals surface area (Å²) in [5.41, 5.74) is 10.2. The molecule has 30 heavy (non-hydrogen) atoms. The third-order valence-corrected chi connectivity index (χ3v) is 8.38. The highest BCUT2D eigenvalue weighted by atomic mass is 35.5. The average molecular weight is 476 g/mol. The molecule has 0 unspecified atom stereocenters. The number of carbonyl (C=O) groups excluding carboxylic acids is 1. The van der Waals surface area contributed by atoms with E-state index in [4.69, 9.17) is 28.9 Å². The number of thiophene rings is 1. The molecule has 0 spiro atoms. The summed E-state index contributed by atoms with van der Waals surface area (Å²) in [6.45, 7) is 2.04. The molecule has 8 heteroatoms. The quantitative estimate of drug-likeness (QED) is 0.520. The predicted molar refractivity (Wildman–Crippen MR) is 125 cm³/mol. The summed E-state index contributed by atoms with van der Waals surface area (Å²) in [4.78, 5) is 16.1. The molecular formula is C22H19Cl2N3OS2. The summed E-state index contributed by atoms with van der Waals surface area (Å²) in [7, 11) is 0. The number of nitriles is 1. The maximum absolute atomic E-state index is 13.2. The number of anilines is 1. The number of benzene rings is 1. The Balaban J connectivity index is 1.99. The topological polar surface area (TPSA) is 70.1 Å². The van der Waals surface area contributed by atoms with E-state index >= 15 is 0 Å². The second-order valence-electron chi connectivity index (χ2n) is 7.22. The number of halogens is 2. The van der Waals surface area contributed by atoms with Crippen LogP contribution in [0.2, 0.25) is 10.0 Å². The van der Waals surface area contributed by atoms with Gasteiger partial charge in [-0.1, -0.05) is 23.2 Å². The molecule has 0 bridgehead atoms. The van der Waals surface area contributed by atoms with Gasteiger partial charge in [-0.25, -0.2) is 0 Å². The zero-order chi connectivity index (χ0) is 21.6. The number of nitrogens with zero attached hydrogens (tertiary/aromatic N) is 2. The first kappa shape index (κ1) is 21.3. The van der Waals surface area contributed by atoms with Gasteiger partial charge in [0.2, 0.25) is 0 Å². The van der Waals surface area contributed by atoms with Crippen LogP contribution in [0.15, 0.2) is 51.1 Å². The molecule has 1 aliphatic carbocycles. The summed E-state index contributed by atoms with van der Waals surface area (Å²) < 4.78 is 1.10. The van der Waals surface area contributed by atoms with E-state index in [0.717, 1.165) is 26.8 Å². The van der Waals surface area contributed by atoms with E-state index in [0.29, 0.717) is 45.5 Å². The fraction of sp³-hybridized carbons (Fsp3) is 0.273. The van der Waals surface area contributed by atoms with Gasteiger partial charge in [0.25, 0.3) is 0 Å². The minimum Gasteiger partial charge on any atom is -0.384 e. The minimum absolute atomic E-state index is 0.0717. The Morgan fingerprint density at radius 1 is 1.27 bits per heavy atom. The van der Waals surface area contributed by atoms with Crippen LogP contribution in [0.25, 0.3) is 0 Å². The molecule has 1 aliphatic heterocycles. The smallest absolute Gasteiger partial charge is 0.161 e. The zero-order valence-electron chi connectivity index (χ0n) is 16.5. The van der Waals surface area contributed by atoms with E-state index in [1.54, 1.807) is 35.2 Å². The van der Waals surface area contributed by atoms with Crippen molar-refractivity contribution < 1.29 is 4.79 Å². The Hall–Kier alpha value is -1.91. The lowest BCUT2D eigenvalue weighted by Crippen LogP contribution is -2.38. The van der Waals surface area contributed by atoms with Gasteiger partial charge in [-0.3, -0.25) is 9.69 Å². The Morgan fingerprint density at radius 2 is 2.03 bits per heavy atom. The van der Waals surface area contributed by atoms with Crippen LogP contribution < -0.4 is 10.6 Å². The van der Waals surface area contributed by atoms with Crippen LogP contribution in [0.1, 0.15) is 35.6 Å². The second kappa shape index (κ2) is 8.32. The summed E-state index contributed by atoms with van der Waals surface area (Å²) in [6, 6.07) is 9.61. The summed E-state index contributed by atoms with van der Waals surface area (Å²) in [5, 5.41) is 10.9. The predicted octanol–water partition coefficient (Wildman–Crippen LogP) is 6.39. The van der Waals surface area contributed by atoms with Gasteiger partial charge in [-0.2, -0.15) is 5.26 Å². The normalized spacial score (nSPS) is 19.2. The van der Waals surface area contributed by atoms with Gasteiger partial charge in [-0.05, 0) is 55.9 Å². The van der Waals surface area contributed by atoms with E-state index < -0.39 is 5.92 Å². The molecule has 0 amide bonds. The molecule has 1 aromatic carbocycles. The van der Waals surface area contributed by atoms with Crippen LogP contribution in [-0.4, -0.2) is 12.0 Å². The highest BCUT2D eigenvalue weighted by Gasteiger charge is 2.41. The van der Waals surface area contributed by atoms with Crippen LogP contribution in [0, 0.1) is 18.3 Å². The van der Waals surface area contributed by atoms with Crippen LogP contribution in [-0.2, 0) is 4.79 Å². The van der Waals surface area contributed by atoms with Gasteiger partial charge in [0.15, 0.2) is 5.78 Å². The highest BCUT2D eigenvalue weighted by Crippen LogP contribution is 2.49. The number of rotatable bonds is 3. The van der Waals surface area contributed by atoms with Crippen LogP contribution in [0.3, 0.4) is 0 Å². The molecule has 1 atom stereocenters. The molecule has 4 rings (SSSR count). The molecule has 2 heterocycles. The highest BCUT2D eigenvalue weighted by molar-refractivity contribution is 8.00. The molecule has 2 aliphatic rings. The molecule has 0 radical (unpaired) electrons. The van der Waals surface area contributed by atoms with Crippen molar-refractivity contribution in [3.63, 3.8) is 0 Å². The van der Waals surface area contributed by atoms with Crippen molar-refractivity contribution in [1.82, 2.24) is 0 Å². The number of aryl methyl sites for hydroxylation is 1. The SMILES string of the molecule is CSc1sc(C)cc1[C@@H]1C(C#N)=C(N)N(c2ccc(Cl)c(Cl)c2)C2=C1C(=O)CCC2. The van der Waals surface area contributed by atoms with Gasteiger partial charge in [0, 0.05) is 28.3 Å². The molecule has 154 valence electrons. The summed E-state index contributed by atoms with van der Waals surface area (Å²) in [5.74, 6) is -0.0306. The number of hydrogen-bond donors (Lipinski definition) is 1. The van der Waals surface area contributed by atoms with Crippen molar-refractivity contribution >= 4 is 57.8 Å². The number of Topliss-reactive ketones (excluding diaryl/α,β-unsaturated/α-hetero) is 1. The number of thioether (sulfide) groups is 1. The van der Waals surface area contributed by atoms with Crippen LogP contribution >= 0.6 is 46.3 Å². The zero-order valence-corrected chi connectivity index (χ0v) is 19.6. The van der Waals surface area contributed by atoms with Gasteiger partial charge >= 0.3 is 0 Å². The Labute approximate surface area is 194 Å². The molecule has 0 saturated heterocycles. The van der Waals surface area contributed by atoms with Crippen molar-refractivity contribution in [2.75, 3.05) is 11.2 Å². The molecule has 0 saturated carbocycles. The Bertz CT molecular complexity index is 1160. The largest absolute Gasteiger partial charge is 0.384 e. The maximum atomic E-state index is 13.2. The van der Waals surface area contributed by atoms with Crippen molar-refractivity contribution in [3.05, 3.63) is 67.4 Å². The maximum Gasteiger partial charge on any atom is 0.161 e. The Morgan fingerprint density at radius 3 is 2.70 bits per heavy atom. The van der Waals surface area contributed by atoms with Crippen molar-refractivity contribution in [1.29, 1.82) is 5.26 Å². The fourth-order valence-electron chi connectivity index (χ4n) is 4.19. The molecule has 4 nitrogen and oxygen atoms in total. The third-order valence-electron chi connectivity index (χ3n) is 5.42. The lowest BCUT2D eigenvalue weighted by Gasteiger charge is -2.39. The molecular weight excluding hydrogens is 457 g/mol. The van der Waals surface area contributed by atoms with E-state index in [-0.39, 0.29) is 5.78 Å². The lowest BCUT2D eigenvalue weighted by atomic mass is 9.76. The van der Waals surface area contributed by atoms with E-state index in [9.17, 15) is 10.1 Å². The van der Waals surface area contributed by atoms with E-state index in [2.05, 4.69) is 12.1 Å². The minimum atomic E-state index is -0.441. The number of ketones is 1. The fourth-order valence-corrected chi connectivity index (χ4v) is 6.40. The van der Waals surface area contributed by atoms with E-state index in [1.165, 1.54) is 0 Å². The molecule has 2 aromatic rings. The number of nitrogens with two attached hydrogens (primary N) is 1. The van der Waals surface area contributed by atoms with Crippen LogP contribution in [0.4, 0.5) is 5.69 Å². The monoisotopic (exact) mass is 475 g/mol. The van der Waals surface area contributed by atoms with Crippen molar-refractivity contribution in [3.8, 4) is 6.07 Å². The molecule has 2 N–H and O–H groups in total. The summed E-state index contributed by atoms with van der Waals surface area (Å²) in [6.07, 6.45) is 3.93. The molecule has 1 aromatic heterocycles. The van der Waals surface area contributed by atoms with Crippen molar-refractivity contribution in [2.24, 2.45) is 5.73 Å². The van der Waals surface area contributed by atoms with Crippen LogP contribution in [0.5, 0.6) is 0 Å². The summed E-state index contributed by atoms with van der Waals surface area (Å²) >= 11 is 15.7. The number of allylic oxidation sites excluding steroid dienone is 3.